The summed E-state index contributed by atoms with van der Waals surface area (Å²) in [5, 5.41) is 9.16. The van der Waals surface area contributed by atoms with Crippen LogP contribution >= 0.6 is 23.2 Å². The van der Waals surface area contributed by atoms with Crippen LogP contribution in [0.3, 0.4) is 0 Å². The molecule has 0 bridgehead atoms. The van der Waals surface area contributed by atoms with Gasteiger partial charge in [0.25, 0.3) is 0 Å². The molecule has 0 atom stereocenters. The van der Waals surface area contributed by atoms with Crippen LogP contribution in [0.15, 0.2) is 16.9 Å². The van der Waals surface area contributed by atoms with Gasteiger partial charge in [-0.15, -0.1) is 6.42 Å². The number of terminal acetylenes is 1. The molecule has 2 aromatic rings. The molecule has 1 aromatic heterocycles. The normalized spacial score (nSPS) is 10.2. The average molecular weight is 354 g/mol. The first-order valence-corrected chi connectivity index (χ1v) is 7.18. The maximum absolute atomic E-state index is 14.3. The molecule has 0 radical (unpaired) electrons. The van der Waals surface area contributed by atoms with Crippen molar-refractivity contribution in [3.8, 4) is 29.8 Å². The van der Waals surface area contributed by atoms with E-state index in [-0.39, 0.29) is 40.5 Å². The van der Waals surface area contributed by atoms with Crippen molar-refractivity contribution in [2.45, 2.75) is 13.5 Å². The van der Waals surface area contributed by atoms with Crippen LogP contribution in [0.25, 0.3) is 5.69 Å². The second-order valence-electron chi connectivity index (χ2n) is 4.34. The quantitative estimate of drug-likeness (QED) is 0.793. The molecule has 0 aliphatic rings. The molecule has 118 valence electrons. The van der Waals surface area contributed by atoms with E-state index in [0.717, 1.165) is 15.2 Å². The summed E-state index contributed by atoms with van der Waals surface area (Å²) >= 11 is 11.9. The number of hydrogen-bond donors (Lipinski definition) is 0. The van der Waals surface area contributed by atoms with E-state index in [0.29, 0.717) is 0 Å². The fourth-order valence-corrected chi connectivity index (χ4v) is 2.56. The Bertz CT molecular complexity index is 903. The second-order valence-corrected chi connectivity index (χ2v) is 5.11. The van der Waals surface area contributed by atoms with Crippen molar-refractivity contribution < 1.29 is 9.13 Å². The molecule has 0 N–H and O–H groups in total. The molecule has 0 aliphatic heterocycles. The van der Waals surface area contributed by atoms with Gasteiger partial charge < -0.3 is 4.74 Å². The van der Waals surface area contributed by atoms with Crippen molar-refractivity contribution in [3.05, 3.63) is 44.3 Å². The molecule has 0 saturated carbocycles. The van der Waals surface area contributed by atoms with Crippen LogP contribution in [0.2, 0.25) is 10.2 Å². The van der Waals surface area contributed by atoms with Crippen LogP contribution < -0.4 is 10.4 Å². The summed E-state index contributed by atoms with van der Waals surface area (Å²) in [6, 6.07) is 3.98. The molecule has 1 heterocycles. The van der Waals surface area contributed by atoms with Gasteiger partial charge in [-0.3, -0.25) is 4.57 Å². The molecule has 0 aliphatic carbocycles. The summed E-state index contributed by atoms with van der Waals surface area (Å²) in [5.74, 6) is 1.55. The van der Waals surface area contributed by atoms with E-state index in [1.807, 2.05) is 0 Å². The molecule has 5 nitrogen and oxygen atoms in total. The molecule has 2 rings (SSSR count). The van der Waals surface area contributed by atoms with Crippen LogP contribution in [0.1, 0.15) is 12.6 Å². The lowest BCUT2D eigenvalue weighted by molar-refractivity contribution is 0.369. The number of halogens is 3. The highest BCUT2D eigenvalue weighted by Crippen LogP contribution is 2.30. The van der Waals surface area contributed by atoms with Gasteiger partial charge in [0.05, 0.1) is 10.7 Å². The molecule has 8 heteroatoms. The van der Waals surface area contributed by atoms with Crippen LogP contribution in [0, 0.1) is 29.5 Å². The lowest BCUT2D eigenvalue weighted by Gasteiger charge is -2.10. The van der Waals surface area contributed by atoms with Crippen LogP contribution in [0.5, 0.6) is 5.75 Å². The lowest BCUT2D eigenvalue weighted by atomic mass is 10.2. The van der Waals surface area contributed by atoms with Crippen LogP contribution in [-0.2, 0) is 6.54 Å². The number of hydrogen-bond acceptors (Lipinski definition) is 3. The number of rotatable bonds is 4. The minimum Gasteiger partial charge on any atom is -0.479 e. The molecule has 0 unspecified atom stereocenters. The fourth-order valence-electron chi connectivity index (χ4n) is 2.03. The number of benzene rings is 1. The summed E-state index contributed by atoms with van der Waals surface area (Å²) in [6.07, 6.45) is 5.11. The van der Waals surface area contributed by atoms with Gasteiger partial charge in [-0.25, -0.2) is 13.8 Å². The van der Waals surface area contributed by atoms with E-state index < -0.39 is 11.5 Å². The van der Waals surface area contributed by atoms with E-state index in [2.05, 4.69) is 5.92 Å². The number of nitrogens with zero attached hydrogens (tertiary/aromatic N) is 3. The molecular formula is C15H10Cl2FN3O2. The molecule has 23 heavy (non-hydrogen) atoms. The summed E-state index contributed by atoms with van der Waals surface area (Å²) in [5.41, 5.74) is -1.02. The maximum Gasteiger partial charge on any atom is 0.335 e. The Morgan fingerprint density at radius 3 is 2.70 bits per heavy atom. The molecular weight excluding hydrogens is 344 g/mol. The summed E-state index contributed by atoms with van der Waals surface area (Å²) in [7, 11) is 0. The second kappa shape index (κ2) is 6.78. The molecule has 0 saturated heterocycles. The highest BCUT2D eigenvalue weighted by atomic mass is 35.5. The van der Waals surface area contributed by atoms with Crippen molar-refractivity contribution in [3.63, 3.8) is 0 Å². The standard InChI is InChI=1S/C15H10Cl2FN3O2/c1-3-5-23-13-7-11(10(18)6-9(13)16)21-12(8-19)14(17)20(4-2)15(21)22/h1,6-7H,4-5H2,2H3. The Labute approximate surface area is 141 Å². The van der Waals surface area contributed by atoms with Crippen molar-refractivity contribution in [1.29, 1.82) is 5.26 Å². The smallest absolute Gasteiger partial charge is 0.335 e. The highest BCUT2D eigenvalue weighted by Gasteiger charge is 2.22. The molecule has 1 aromatic carbocycles. The van der Waals surface area contributed by atoms with E-state index >= 15 is 0 Å². The Morgan fingerprint density at radius 2 is 2.13 bits per heavy atom. The van der Waals surface area contributed by atoms with Gasteiger partial charge in [-0.05, 0) is 13.0 Å². The van der Waals surface area contributed by atoms with E-state index in [1.165, 1.54) is 6.07 Å². The SMILES string of the molecule is C#CCOc1cc(-n2c(C#N)c(Cl)n(CC)c2=O)c(F)cc1Cl. The fraction of sp³-hybridized carbons (Fsp3) is 0.200. The highest BCUT2D eigenvalue weighted by molar-refractivity contribution is 6.32. The largest absolute Gasteiger partial charge is 0.479 e. The number of imidazole rings is 1. The third-order valence-electron chi connectivity index (χ3n) is 3.05. The Morgan fingerprint density at radius 1 is 1.43 bits per heavy atom. The first-order chi connectivity index (χ1) is 11.0. The van der Waals surface area contributed by atoms with Gasteiger partial charge in [0.15, 0.2) is 5.69 Å². The minimum atomic E-state index is -0.799. The first kappa shape index (κ1) is 17.0. The van der Waals surface area contributed by atoms with Crippen molar-refractivity contribution in [2.24, 2.45) is 0 Å². The topological polar surface area (TPSA) is 60.0 Å². The third-order valence-corrected chi connectivity index (χ3v) is 3.73. The Kier molecular flexibility index (Phi) is 5.00. The van der Waals surface area contributed by atoms with Gasteiger partial charge in [0, 0.05) is 12.6 Å². The average Bonchev–Trinajstić information content (AvgIpc) is 2.76. The van der Waals surface area contributed by atoms with E-state index in [1.54, 1.807) is 13.0 Å². The molecule has 0 fully saturated rings. The summed E-state index contributed by atoms with van der Waals surface area (Å²) in [6.45, 7) is 1.83. The van der Waals surface area contributed by atoms with Gasteiger partial charge in [-0.2, -0.15) is 5.26 Å². The number of ether oxygens (including phenoxy) is 1. The van der Waals surface area contributed by atoms with Crippen LogP contribution in [0.4, 0.5) is 4.39 Å². The number of aromatic nitrogens is 2. The lowest BCUT2D eigenvalue weighted by Crippen LogP contribution is -2.24. The predicted molar refractivity (Wildman–Crippen MR) is 84.7 cm³/mol. The Balaban J connectivity index is 2.75. The zero-order valence-corrected chi connectivity index (χ0v) is 13.5. The van der Waals surface area contributed by atoms with E-state index in [9.17, 15) is 14.4 Å². The molecule has 0 spiro atoms. The predicted octanol–water partition coefficient (Wildman–Crippen LogP) is 2.99. The first-order valence-electron chi connectivity index (χ1n) is 6.43. The van der Waals surface area contributed by atoms with Gasteiger partial charge in [-0.1, -0.05) is 29.1 Å². The van der Waals surface area contributed by atoms with Gasteiger partial charge in [0.1, 0.15) is 29.4 Å². The number of nitriles is 1. The Hall–Kier alpha value is -2.41. The zero-order chi connectivity index (χ0) is 17.1. The van der Waals surface area contributed by atoms with E-state index in [4.69, 9.17) is 34.4 Å². The zero-order valence-electron chi connectivity index (χ0n) is 11.9. The molecule has 0 amide bonds. The van der Waals surface area contributed by atoms with Gasteiger partial charge >= 0.3 is 5.69 Å². The maximum atomic E-state index is 14.3. The summed E-state index contributed by atoms with van der Waals surface area (Å²) in [4.78, 5) is 12.4. The van der Waals surface area contributed by atoms with Crippen molar-refractivity contribution in [1.82, 2.24) is 9.13 Å². The van der Waals surface area contributed by atoms with Crippen molar-refractivity contribution >= 4 is 23.2 Å². The van der Waals surface area contributed by atoms with Crippen LogP contribution in [-0.4, -0.2) is 15.7 Å². The minimum absolute atomic E-state index is 0.00548. The summed E-state index contributed by atoms with van der Waals surface area (Å²) < 4.78 is 21.5. The van der Waals surface area contributed by atoms with Crippen molar-refractivity contribution in [2.75, 3.05) is 6.61 Å². The monoisotopic (exact) mass is 353 g/mol. The third kappa shape index (κ3) is 2.92. The van der Waals surface area contributed by atoms with Gasteiger partial charge in [0.2, 0.25) is 0 Å².